The fourth-order valence-electron chi connectivity index (χ4n) is 2.21. The van der Waals surface area contributed by atoms with Crippen LogP contribution in [0.2, 0.25) is 5.02 Å². The summed E-state index contributed by atoms with van der Waals surface area (Å²) in [4.78, 5) is 0. The molecule has 0 amide bonds. The van der Waals surface area contributed by atoms with E-state index in [0.29, 0.717) is 34.4 Å². The number of nitrogens with one attached hydrogen (secondary N) is 2. The lowest BCUT2D eigenvalue weighted by Crippen LogP contribution is -2.17. The van der Waals surface area contributed by atoms with E-state index in [1.54, 1.807) is 17.9 Å². The molecule has 0 saturated heterocycles. The number of benzene rings is 1. The first-order valence-electron chi connectivity index (χ1n) is 7.61. The van der Waals surface area contributed by atoms with Crippen LogP contribution in [0.25, 0.3) is 0 Å². The monoisotopic (exact) mass is 368 g/mol. The van der Waals surface area contributed by atoms with Gasteiger partial charge >= 0.3 is 0 Å². The minimum atomic E-state index is 0.359. The molecule has 0 atom stereocenters. The Bertz CT molecular complexity index is 757. The first kappa shape index (κ1) is 18.4. The Morgan fingerprint density at radius 3 is 2.96 bits per heavy atom. The molecule has 0 saturated carbocycles. The van der Waals surface area contributed by atoms with E-state index in [1.165, 1.54) is 0 Å². The maximum atomic E-state index is 6.31. The normalized spacial score (nSPS) is 10.5. The lowest BCUT2D eigenvalue weighted by molar-refractivity contribution is 0.326. The van der Waals surface area contributed by atoms with Crippen molar-refractivity contribution in [1.82, 2.24) is 14.9 Å². The van der Waals surface area contributed by atoms with Crippen LogP contribution in [-0.4, -0.2) is 28.6 Å². The number of aryl methyl sites for hydroxylation is 1. The molecule has 0 aliphatic rings. The fourth-order valence-corrected chi connectivity index (χ4v) is 2.72. The van der Waals surface area contributed by atoms with Crippen molar-refractivity contribution in [3.8, 4) is 11.5 Å². The van der Waals surface area contributed by atoms with Crippen LogP contribution >= 0.6 is 23.8 Å². The molecule has 0 fully saturated rings. The number of H-pyrrole nitrogens is 1. The van der Waals surface area contributed by atoms with Gasteiger partial charge in [0.2, 0.25) is 4.77 Å². The van der Waals surface area contributed by atoms with Crippen LogP contribution in [-0.2, 0) is 13.0 Å². The Hall–Kier alpha value is -1.99. The van der Waals surface area contributed by atoms with Crippen LogP contribution in [0.3, 0.4) is 0 Å². The largest absolute Gasteiger partial charge is 0.493 e. The summed E-state index contributed by atoms with van der Waals surface area (Å²) in [6.07, 6.45) is 3.47. The van der Waals surface area contributed by atoms with Crippen LogP contribution in [0, 0.1) is 4.77 Å². The maximum Gasteiger partial charge on any atom is 0.214 e. The smallest absolute Gasteiger partial charge is 0.214 e. The van der Waals surface area contributed by atoms with Crippen molar-refractivity contribution < 1.29 is 9.47 Å². The van der Waals surface area contributed by atoms with E-state index in [0.717, 1.165) is 24.2 Å². The van der Waals surface area contributed by atoms with E-state index >= 15 is 0 Å². The summed E-state index contributed by atoms with van der Waals surface area (Å²) in [6.45, 7) is 6.60. The summed E-state index contributed by atoms with van der Waals surface area (Å²) in [7, 11) is 1.58. The Morgan fingerprint density at radius 2 is 2.29 bits per heavy atom. The first-order chi connectivity index (χ1) is 11.6. The number of methoxy groups -OCH3 is 1. The molecule has 0 unspecified atom stereocenters. The van der Waals surface area contributed by atoms with Crippen molar-refractivity contribution >= 4 is 23.8 Å². The van der Waals surface area contributed by atoms with E-state index in [-0.39, 0.29) is 0 Å². The second-order valence-corrected chi connectivity index (χ2v) is 5.87. The third kappa shape index (κ3) is 4.30. The lowest BCUT2D eigenvalue weighted by atomic mass is 10.2. The molecule has 0 bridgehead atoms. The van der Waals surface area contributed by atoms with E-state index in [1.807, 2.05) is 12.1 Å². The summed E-state index contributed by atoms with van der Waals surface area (Å²) in [5, 5.41) is 7.50. The molecule has 2 aromatic rings. The highest BCUT2D eigenvalue weighted by molar-refractivity contribution is 7.71. The van der Waals surface area contributed by atoms with E-state index in [2.05, 4.69) is 29.1 Å². The van der Waals surface area contributed by atoms with Crippen molar-refractivity contribution in [1.29, 1.82) is 0 Å². The molecule has 1 aromatic heterocycles. The Balaban J connectivity index is 2.19. The van der Waals surface area contributed by atoms with Crippen molar-refractivity contribution in [2.24, 2.45) is 0 Å². The van der Waals surface area contributed by atoms with E-state index in [4.69, 9.17) is 33.3 Å². The van der Waals surface area contributed by atoms with Gasteiger partial charge in [0, 0.05) is 6.42 Å². The molecule has 24 heavy (non-hydrogen) atoms. The molecule has 1 aromatic carbocycles. The number of ether oxygens (including phenoxy) is 2. The SMILES string of the molecule is C=CCOc1c(Cl)cc(CNn2c(CCC)n[nH]c2=S)cc1OC. The summed E-state index contributed by atoms with van der Waals surface area (Å²) in [5.74, 6) is 1.95. The summed E-state index contributed by atoms with van der Waals surface area (Å²) < 4.78 is 13.2. The van der Waals surface area contributed by atoms with Gasteiger partial charge < -0.3 is 14.9 Å². The van der Waals surface area contributed by atoms with Crippen LogP contribution in [0.4, 0.5) is 0 Å². The van der Waals surface area contributed by atoms with Gasteiger partial charge in [-0.15, -0.1) is 0 Å². The van der Waals surface area contributed by atoms with Crippen molar-refractivity contribution in [2.75, 3.05) is 19.1 Å². The molecular formula is C16H21ClN4O2S. The number of nitrogens with zero attached hydrogens (tertiary/aromatic N) is 2. The summed E-state index contributed by atoms with van der Waals surface area (Å²) in [6, 6.07) is 3.71. The Morgan fingerprint density at radius 1 is 1.50 bits per heavy atom. The molecule has 2 N–H and O–H groups in total. The van der Waals surface area contributed by atoms with Gasteiger partial charge in [0.15, 0.2) is 17.3 Å². The topological polar surface area (TPSA) is 64.1 Å². The first-order valence-corrected chi connectivity index (χ1v) is 8.39. The highest BCUT2D eigenvalue weighted by Crippen LogP contribution is 2.36. The van der Waals surface area contributed by atoms with Crippen molar-refractivity contribution in [2.45, 2.75) is 26.3 Å². The quantitative estimate of drug-likeness (QED) is 0.519. The number of aromatic amines is 1. The van der Waals surface area contributed by atoms with Gasteiger partial charge in [0.1, 0.15) is 6.61 Å². The molecule has 6 nitrogen and oxygen atoms in total. The summed E-state index contributed by atoms with van der Waals surface area (Å²) in [5.41, 5.74) is 4.19. The van der Waals surface area contributed by atoms with Gasteiger partial charge in [0.25, 0.3) is 0 Å². The number of hydrogen-bond donors (Lipinski definition) is 2. The second-order valence-electron chi connectivity index (χ2n) is 5.07. The molecule has 0 aliphatic carbocycles. The zero-order valence-electron chi connectivity index (χ0n) is 13.8. The minimum absolute atomic E-state index is 0.359. The fraction of sp³-hybridized carbons (Fsp3) is 0.375. The van der Waals surface area contributed by atoms with E-state index in [9.17, 15) is 0 Å². The van der Waals surface area contributed by atoms with Crippen LogP contribution in [0.15, 0.2) is 24.8 Å². The van der Waals surface area contributed by atoms with Crippen LogP contribution < -0.4 is 14.9 Å². The van der Waals surface area contributed by atoms with Crippen LogP contribution in [0.5, 0.6) is 11.5 Å². The molecule has 130 valence electrons. The van der Waals surface area contributed by atoms with Gasteiger partial charge in [0.05, 0.1) is 18.7 Å². The average molecular weight is 369 g/mol. The van der Waals surface area contributed by atoms with E-state index < -0.39 is 0 Å². The maximum absolute atomic E-state index is 6.31. The van der Waals surface area contributed by atoms with Gasteiger partial charge in [-0.2, -0.15) is 5.10 Å². The highest BCUT2D eigenvalue weighted by Gasteiger charge is 2.12. The molecule has 0 aliphatic heterocycles. The minimum Gasteiger partial charge on any atom is -0.493 e. The molecule has 0 radical (unpaired) electrons. The second kappa shape index (κ2) is 8.75. The standard InChI is InChI=1S/C16H21ClN4O2S/c1-4-6-14-19-20-16(24)21(14)18-10-11-8-12(17)15(23-7-5-2)13(9-11)22-3/h5,8-9,18H,2,4,6-7,10H2,1,3H3,(H,20,24). The average Bonchev–Trinajstić information content (AvgIpc) is 2.92. The predicted octanol–water partition coefficient (Wildman–Crippen LogP) is 3.86. The zero-order chi connectivity index (χ0) is 17.5. The number of rotatable bonds is 9. The van der Waals surface area contributed by atoms with Gasteiger partial charge in [-0.05, 0) is 36.3 Å². The Labute approximate surface area is 151 Å². The summed E-state index contributed by atoms with van der Waals surface area (Å²) >= 11 is 11.6. The zero-order valence-corrected chi connectivity index (χ0v) is 15.3. The Kier molecular flexibility index (Phi) is 6.69. The molecule has 0 spiro atoms. The highest BCUT2D eigenvalue weighted by atomic mass is 35.5. The molecule has 1 heterocycles. The number of aromatic nitrogens is 3. The molecular weight excluding hydrogens is 348 g/mol. The van der Waals surface area contributed by atoms with Crippen molar-refractivity contribution in [3.05, 3.63) is 46.0 Å². The van der Waals surface area contributed by atoms with Gasteiger partial charge in [-0.25, -0.2) is 4.68 Å². The number of hydrogen-bond acceptors (Lipinski definition) is 5. The van der Waals surface area contributed by atoms with Crippen molar-refractivity contribution in [3.63, 3.8) is 0 Å². The predicted molar refractivity (Wildman–Crippen MR) is 98.2 cm³/mol. The third-order valence-corrected chi connectivity index (χ3v) is 3.85. The van der Waals surface area contributed by atoms with Gasteiger partial charge in [-0.1, -0.05) is 31.2 Å². The molecule has 2 rings (SSSR count). The van der Waals surface area contributed by atoms with Crippen LogP contribution in [0.1, 0.15) is 24.7 Å². The lowest BCUT2D eigenvalue weighted by Gasteiger charge is -2.14. The third-order valence-electron chi connectivity index (χ3n) is 3.29. The number of halogens is 1. The van der Waals surface area contributed by atoms with Gasteiger partial charge in [-0.3, -0.25) is 5.10 Å². The molecule has 8 heteroatoms.